The average Bonchev–Trinajstić information content (AvgIpc) is 3.16. The molecule has 1 fully saturated rings. The Labute approximate surface area is 106 Å². The molecule has 4 nitrogen and oxygen atoms in total. The number of hydrogen-bond acceptors (Lipinski definition) is 3. The van der Waals surface area contributed by atoms with Crippen molar-refractivity contribution in [3.8, 4) is 0 Å². The third-order valence-corrected chi connectivity index (χ3v) is 3.93. The van der Waals surface area contributed by atoms with Crippen LogP contribution >= 0.6 is 0 Å². The molecule has 1 saturated carbocycles. The molecule has 0 amide bonds. The third kappa shape index (κ3) is 1.64. The van der Waals surface area contributed by atoms with E-state index in [2.05, 4.69) is 44.3 Å². The first-order chi connectivity index (χ1) is 8.92. The van der Waals surface area contributed by atoms with E-state index in [1.165, 1.54) is 24.0 Å². The van der Waals surface area contributed by atoms with Gasteiger partial charge in [0.15, 0.2) is 5.82 Å². The zero-order valence-electron chi connectivity index (χ0n) is 10.2. The molecule has 0 saturated heterocycles. The lowest BCUT2D eigenvalue weighted by atomic mass is 9.95. The van der Waals surface area contributed by atoms with Gasteiger partial charge in [0.1, 0.15) is 6.33 Å². The molecular formula is C14H16N4. The molecule has 2 aliphatic rings. The van der Waals surface area contributed by atoms with Gasteiger partial charge in [-0.15, -0.1) is 10.2 Å². The van der Waals surface area contributed by atoms with Crippen LogP contribution in [0.1, 0.15) is 41.9 Å². The predicted octanol–water partition coefficient (Wildman–Crippen LogP) is 2.00. The fourth-order valence-corrected chi connectivity index (χ4v) is 2.77. The molecule has 2 aromatic rings. The molecule has 4 heteroatoms. The van der Waals surface area contributed by atoms with E-state index in [0.29, 0.717) is 12.1 Å². The van der Waals surface area contributed by atoms with E-state index in [0.717, 1.165) is 18.8 Å². The minimum absolute atomic E-state index is 0.308. The Kier molecular flexibility index (Phi) is 2.23. The van der Waals surface area contributed by atoms with Crippen LogP contribution in [0.15, 0.2) is 30.6 Å². The lowest BCUT2D eigenvalue weighted by molar-refractivity contribution is 0.454. The fraction of sp³-hybridized carbons (Fsp3) is 0.429. The Bertz CT molecular complexity index is 571. The van der Waals surface area contributed by atoms with Crippen LogP contribution in [0.4, 0.5) is 0 Å². The highest BCUT2D eigenvalue weighted by molar-refractivity contribution is 5.30. The van der Waals surface area contributed by atoms with Gasteiger partial charge < -0.3 is 9.88 Å². The number of nitrogens with zero attached hydrogens (tertiary/aromatic N) is 3. The van der Waals surface area contributed by atoms with Gasteiger partial charge in [-0.2, -0.15) is 0 Å². The summed E-state index contributed by atoms with van der Waals surface area (Å²) in [5.41, 5.74) is 2.85. The van der Waals surface area contributed by atoms with E-state index < -0.39 is 0 Å². The van der Waals surface area contributed by atoms with Gasteiger partial charge in [-0.1, -0.05) is 24.3 Å². The average molecular weight is 240 g/mol. The highest BCUT2D eigenvalue weighted by atomic mass is 15.3. The van der Waals surface area contributed by atoms with Crippen molar-refractivity contribution < 1.29 is 0 Å². The molecule has 0 spiro atoms. The minimum Gasteiger partial charge on any atom is -0.313 e. The van der Waals surface area contributed by atoms with Crippen molar-refractivity contribution in [1.82, 2.24) is 20.1 Å². The van der Waals surface area contributed by atoms with E-state index >= 15 is 0 Å². The molecule has 18 heavy (non-hydrogen) atoms. The van der Waals surface area contributed by atoms with E-state index in [4.69, 9.17) is 0 Å². The summed E-state index contributed by atoms with van der Waals surface area (Å²) in [6.45, 7) is 0.929. The van der Waals surface area contributed by atoms with Gasteiger partial charge in [0.25, 0.3) is 0 Å². The minimum atomic E-state index is 0.308. The van der Waals surface area contributed by atoms with Crippen LogP contribution in [0.5, 0.6) is 0 Å². The standard InChI is InChI=1S/C14H16N4/c1-2-4-11-8-15-13(7-10(11)3-1)14-17-16-9-18(14)12-5-6-12/h1-4,9,12-13,15H,5-8H2/t13-/m0/s1. The van der Waals surface area contributed by atoms with Crippen LogP contribution < -0.4 is 5.32 Å². The van der Waals surface area contributed by atoms with Gasteiger partial charge >= 0.3 is 0 Å². The second-order valence-electron chi connectivity index (χ2n) is 5.23. The Hall–Kier alpha value is -1.68. The topological polar surface area (TPSA) is 42.7 Å². The number of fused-ring (bicyclic) bond motifs is 1. The fourth-order valence-electron chi connectivity index (χ4n) is 2.77. The van der Waals surface area contributed by atoms with Crippen LogP contribution in [0, 0.1) is 0 Å². The second kappa shape index (κ2) is 3.92. The van der Waals surface area contributed by atoms with Crippen molar-refractivity contribution in [2.75, 3.05) is 0 Å². The maximum atomic E-state index is 4.32. The molecule has 1 atom stereocenters. The van der Waals surface area contributed by atoms with Gasteiger partial charge in [-0.3, -0.25) is 0 Å². The molecule has 1 aliphatic carbocycles. The summed E-state index contributed by atoms with van der Waals surface area (Å²) in [5.74, 6) is 1.10. The lowest BCUT2D eigenvalue weighted by Gasteiger charge is -2.25. The molecule has 0 radical (unpaired) electrons. The van der Waals surface area contributed by atoms with Crippen molar-refractivity contribution in [1.29, 1.82) is 0 Å². The third-order valence-electron chi connectivity index (χ3n) is 3.93. The molecule has 1 aromatic carbocycles. The Balaban J connectivity index is 1.65. The maximum absolute atomic E-state index is 4.32. The highest BCUT2D eigenvalue weighted by Gasteiger charge is 2.30. The molecule has 92 valence electrons. The molecule has 1 aromatic heterocycles. The predicted molar refractivity (Wildman–Crippen MR) is 68.0 cm³/mol. The number of aromatic nitrogens is 3. The quantitative estimate of drug-likeness (QED) is 0.873. The summed E-state index contributed by atoms with van der Waals surface area (Å²) in [6, 6.07) is 9.60. The Morgan fingerprint density at radius 1 is 1.17 bits per heavy atom. The van der Waals surface area contributed by atoms with Gasteiger partial charge in [0, 0.05) is 12.6 Å². The normalized spacial score (nSPS) is 22.8. The van der Waals surface area contributed by atoms with E-state index in [1.54, 1.807) is 0 Å². The van der Waals surface area contributed by atoms with Crippen LogP contribution in [0.3, 0.4) is 0 Å². The van der Waals surface area contributed by atoms with Crippen molar-refractivity contribution in [2.45, 2.75) is 37.9 Å². The smallest absolute Gasteiger partial charge is 0.150 e. The number of rotatable bonds is 2. The number of nitrogens with one attached hydrogen (secondary N) is 1. The monoisotopic (exact) mass is 240 g/mol. The second-order valence-corrected chi connectivity index (χ2v) is 5.23. The van der Waals surface area contributed by atoms with Crippen molar-refractivity contribution >= 4 is 0 Å². The van der Waals surface area contributed by atoms with E-state index in [-0.39, 0.29) is 0 Å². The number of hydrogen-bond donors (Lipinski definition) is 1. The van der Waals surface area contributed by atoms with Crippen molar-refractivity contribution in [3.05, 3.63) is 47.5 Å². The lowest BCUT2D eigenvalue weighted by Crippen LogP contribution is -2.30. The van der Waals surface area contributed by atoms with Crippen LogP contribution in [-0.2, 0) is 13.0 Å². The largest absolute Gasteiger partial charge is 0.313 e. The first-order valence-corrected chi connectivity index (χ1v) is 6.61. The van der Waals surface area contributed by atoms with Crippen molar-refractivity contribution in [3.63, 3.8) is 0 Å². The molecule has 2 heterocycles. The summed E-state index contributed by atoms with van der Waals surface area (Å²) in [4.78, 5) is 0. The molecule has 1 aliphatic heterocycles. The summed E-state index contributed by atoms with van der Waals surface area (Å²) in [6.07, 6.45) is 5.44. The van der Waals surface area contributed by atoms with Crippen molar-refractivity contribution in [2.24, 2.45) is 0 Å². The van der Waals surface area contributed by atoms with E-state index in [1.807, 2.05) is 6.33 Å². The zero-order valence-corrected chi connectivity index (χ0v) is 10.2. The molecule has 4 rings (SSSR count). The molecular weight excluding hydrogens is 224 g/mol. The SMILES string of the molecule is c1ccc2c(c1)CN[C@H](c1nncn1C1CC1)C2. The Morgan fingerprint density at radius 3 is 2.83 bits per heavy atom. The van der Waals surface area contributed by atoms with Gasteiger partial charge in [-0.05, 0) is 30.4 Å². The first-order valence-electron chi connectivity index (χ1n) is 6.61. The molecule has 0 bridgehead atoms. The first kappa shape index (κ1) is 10.3. The Morgan fingerprint density at radius 2 is 2.00 bits per heavy atom. The summed E-state index contributed by atoms with van der Waals surface area (Å²) in [7, 11) is 0. The van der Waals surface area contributed by atoms with Gasteiger partial charge in [0.05, 0.1) is 6.04 Å². The van der Waals surface area contributed by atoms with E-state index in [9.17, 15) is 0 Å². The molecule has 0 unspecified atom stereocenters. The highest BCUT2D eigenvalue weighted by Crippen LogP contribution is 2.37. The summed E-state index contributed by atoms with van der Waals surface area (Å²) in [5, 5.41) is 12.0. The molecule has 1 N–H and O–H groups in total. The maximum Gasteiger partial charge on any atom is 0.150 e. The van der Waals surface area contributed by atoms with Crippen LogP contribution in [0.2, 0.25) is 0 Å². The summed E-state index contributed by atoms with van der Waals surface area (Å²) >= 11 is 0. The summed E-state index contributed by atoms with van der Waals surface area (Å²) < 4.78 is 2.26. The zero-order chi connectivity index (χ0) is 11.9. The number of benzene rings is 1. The van der Waals surface area contributed by atoms with Gasteiger partial charge in [0.2, 0.25) is 0 Å². The van der Waals surface area contributed by atoms with Gasteiger partial charge in [-0.25, -0.2) is 0 Å². The van der Waals surface area contributed by atoms with Crippen LogP contribution in [0.25, 0.3) is 0 Å². The van der Waals surface area contributed by atoms with Crippen LogP contribution in [-0.4, -0.2) is 14.8 Å².